The maximum Gasteiger partial charge on any atom is 0.328 e. The number of hydrogen-bond donors (Lipinski definition) is 1. The molecule has 1 fully saturated rings. The second kappa shape index (κ2) is 6.58. The molecule has 1 aliphatic rings. The molecular weight excluding hydrogens is 294 g/mol. The van der Waals surface area contributed by atoms with Crippen molar-refractivity contribution >= 4 is 16.9 Å². The minimum Gasteiger partial charge on any atom is -0.376 e. The van der Waals surface area contributed by atoms with Crippen molar-refractivity contribution in [1.82, 2.24) is 14.5 Å². The zero-order valence-corrected chi connectivity index (χ0v) is 13.6. The molecule has 124 valence electrons. The standard InChI is InChI=1S/C17H23N3O3/c1-12(15-8-5-11-23-15)18-16(21)9-10-20-14-7-4-3-6-13(14)19(2)17(20)22/h3-4,6-7,12,15H,5,8-11H2,1-2H3,(H,18,21)/t12-,15-/m1/s1. The summed E-state index contributed by atoms with van der Waals surface area (Å²) in [6.45, 7) is 3.12. The number of hydrogen-bond acceptors (Lipinski definition) is 3. The number of imidazole rings is 1. The summed E-state index contributed by atoms with van der Waals surface area (Å²) in [5, 5.41) is 2.98. The number of fused-ring (bicyclic) bond motifs is 1. The molecular formula is C17H23N3O3. The van der Waals surface area contributed by atoms with E-state index in [2.05, 4.69) is 5.32 Å². The third kappa shape index (κ3) is 3.17. The Labute approximate surface area is 135 Å². The lowest BCUT2D eigenvalue weighted by molar-refractivity contribution is -0.122. The second-order valence-corrected chi connectivity index (χ2v) is 6.14. The van der Waals surface area contributed by atoms with Crippen LogP contribution in [0, 0.1) is 0 Å². The minimum absolute atomic E-state index is 0.00856. The van der Waals surface area contributed by atoms with Gasteiger partial charge in [-0.3, -0.25) is 13.9 Å². The van der Waals surface area contributed by atoms with Crippen molar-refractivity contribution in [2.24, 2.45) is 7.05 Å². The molecule has 0 radical (unpaired) electrons. The van der Waals surface area contributed by atoms with E-state index >= 15 is 0 Å². The van der Waals surface area contributed by atoms with Crippen LogP contribution in [0.4, 0.5) is 0 Å². The molecule has 2 heterocycles. The summed E-state index contributed by atoms with van der Waals surface area (Å²) >= 11 is 0. The average molecular weight is 317 g/mol. The molecule has 0 unspecified atom stereocenters. The Balaban J connectivity index is 1.65. The fourth-order valence-corrected chi connectivity index (χ4v) is 3.21. The molecule has 3 rings (SSSR count). The van der Waals surface area contributed by atoms with Crippen molar-refractivity contribution in [3.63, 3.8) is 0 Å². The van der Waals surface area contributed by atoms with Crippen molar-refractivity contribution in [2.75, 3.05) is 6.61 Å². The van der Waals surface area contributed by atoms with Gasteiger partial charge in [0.15, 0.2) is 0 Å². The van der Waals surface area contributed by atoms with E-state index in [9.17, 15) is 9.59 Å². The lowest BCUT2D eigenvalue weighted by atomic mass is 10.1. The summed E-state index contributed by atoms with van der Waals surface area (Å²) in [4.78, 5) is 24.5. The number of aryl methyl sites for hydroxylation is 2. The fourth-order valence-electron chi connectivity index (χ4n) is 3.21. The summed E-state index contributed by atoms with van der Waals surface area (Å²) in [5.41, 5.74) is 1.65. The zero-order chi connectivity index (χ0) is 16.4. The number of benzene rings is 1. The highest BCUT2D eigenvalue weighted by Gasteiger charge is 2.23. The predicted octanol–water partition coefficient (Wildman–Crippen LogP) is 1.41. The van der Waals surface area contributed by atoms with Crippen molar-refractivity contribution in [2.45, 2.75) is 44.9 Å². The molecule has 1 aromatic heterocycles. The number of nitrogens with one attached hydrogen (secondary N) is 1. The Morgan fingerprint density at radius 1 is 1.39 bits per heavy atom. The number of carbonyl (C=O) groups excluding carboxylic acids is 1. The number of nitrogens with zero attached hydrogens (tertiary/aromatic N) is 2. The van der Waals surface area contributed by atoms with Crippen molar-refractivity contribution in [3.05, 3.63) is 34.7 Å². The van der Waals surface area contributed by atoms with Crippen molar-refractivity contribution in [3.8, 4) is 0 Å². The quantitative estimate of drug-likeness (QED) is 0.907. The predicted molar refractivity (Wildman–Crippen MR) is 88.4 cm³/mol. The maximum absolute atomic E-state index is 12.3. The van der Waals surface area contributed by atoms with E-state index in [0.29, 0.717) is 6.54 Å². The number of para-hydroxylation sites is 2. The first-order valence-corrected chi connectivity index (χ1v) is 8.13. The van der Waals surface area contributed by atoms with Gasteiger partial charge in [0.1, 0.15) is 0 Å². The Kier molecular flexibility index (Phi) is 4.52. The zero-order valence-electron chi connectivity index (χ0n) is 13.6. The molecule has 1 aromatic carbocycles. The topological polar surface area (TPSA) is 65.3 Å². The van der Waals surface area contributed by atoms with E-state index in [-0.39, 0.29) is 30.2 Å². The number of carbonyl (C=O) groups is 1. The average Bonchev–Trinajstić information content (AvgIpc) is 3.15. The molecule has 23 heavy (non-hydrogen) atoms. The van der Waals surface area contributed by atoms with Crippen LogP contribution < -0.4 is 11.0 Å². The largest absolute Gasteiger partial charge is 0.376 e. The molecule has 1 N–H and O–H groups in total. The van der Waals surface area contributed by atoms with Gasteiger partial charge in [0, 0.05) is 26.6 Å². The summed E-state index contributed by atoms with van der Waals surface area (Å²) in [5.74, 6) is -0.0483. The molecule has 0 bridgehead atoms. The molecule has 2 aromatic rings. The summed E-state index contributed by atoms with van der Waals surface area (Å²) < 4.78 is 8.86. The van der Waals surface area contributed by atoms with Gasteiger partial charge in [-0.1, -0.05) is 12.1 Å². The SMILES string of the molecule is C[C@@H](NC(=O)CCn1c(=O)n(C)c2ccccc21)[C@H]1CCCO1. The van der Waals surface area contributed by atoms with Crippen LogP contribution in [-0.4, -0.2) is 33.8 Å². The van der Waals surface area contributed by atoms with Crippen molar-refractivity contribution < 1.29 is 9.53 Å². The van der Waals surface area contributed by atoms with E-state index in [1.54, 1.807) is 16.2 Å². The number of aromatic nitrogens is 2. The Bertz CT molecular complexity index is 756. The van der Waals surface area contributed by atoms with Gasteiger partial charge >= 0.3 is 5.69 Å². The lowest BCUT2D eigenvalue weighted by Gasteiger charge is -2.20. The number of rotatable bonds is 5. The van der Waals surface area contributed by atoms with Gasteiger partial charge in [-0.05, 0) is 31.9 Å². The Morgan fingerprint density at radius 3 is 2.83 bits per heavy atom. The van der Waals surface area contributed by atoms with E-state index in [0.717, 1.165) is 30.5 Å². The van der Waals surface area contributed by atoms with Crippen LogP contribution in [-0.2, 0) is 23.1 Å². The summed E-state index contributed by atoms with van der Waals surface area (Å²) in [6, 6.07) is 7.63. The van der Waals surface area contributed by atoms with Crippen LogP contribution in [0.15, 0.2) is 29.1 Å². The number of ether oxygens (including phenoxy) is 1. The first-order valence-electron chi connectivity index (χ1n) is 8.13. The van der Waals surface area contributed by atoms with Crippen LogP contribution >= 0.6 is 0 Å². The van der Waals surface area contributed by atoms with Crippen molar-refractivity contribution in [1.29, 1.82) is 0 Å². The molecule has 0 spiro atoms. The summed E-state index contributed by atoms with van der Waals surface area (Å²) in [7, 11) is 1.75. The Hall–Kier alpha value is -2.08. The third-order valence-corrected chi connectivity index (χ3v) is 4.53. The summed E-state index contributed by atoms with van der Waals surface area (Å²) in [6.07, 6.45) is 2.44. The molecule has 0 aliphatic carbocycles. The first-order chi connectivity index (χ1) is 11.1. The second-order valence-electron chi connectivity index (χ2n) is 6.14. The van der Waals surface area contributed by atoms with Crippen LogP contribution in [0.1, 0.15) is 26.2 Å². The first kappa shape index (κ1) is 15.8. The molecule has 6 heteroatoms. The highest BCUT2D eigenvalue weighted by atomic mass is 16.5. The highest BCUT2D eigenvalue weighted by Crippen LogP contribution is 2.15. The van der Waals surface area contributed by atoms with Gasteiger partial charge in [-0.15, -0.1) is 0 Å². The van der Waals surface area contributed by atoms with Crippen LogP contribution in [0.3, 0.4) is 0 Å². The third-order valence-electron chi connectivity index (χ3n) is 4.53. The monoisotopic (exact) mass is 317 g/mol. The smallest absolute Gasteiger partial charge is 0.328 e. The van der Waals surface area contributed by atoms with Gasteiger partial charge in [0.05, 0.1) is 23.2 Å². The van der Waals surface area contributed by atoms with Crippen LogP contribution in [0.5, 0.6) is 0 Å². The van der Waals surface area contributed by atoms with E-state index < -0.39 is 0 Å². The Morgan fingerprint density at radius 2 is 2.13 bits per heavy atom. The molecule has 1 aliphatic heterocycles. The van der Waals surface area contributed by atoms with Gasteiger partial charge in [-0.25, -0.2) is 4.79 Å². The van der Waals surface area contributed by atoms with Gasteiger partial charge in [-0.2, -0.15) is 0 Å². The van der Waals surface area contributed by atoms with E-state index in [1.807, 2.05) is 31.2 Å². The molecule has 2 atom stereocenters. The maximum atomic E-state index is 12.3. The lowest BCUT2D eigenvalue weighted by Crippen LogP contribution is -2.41. The van der Waals surface area contributed by atoms with Gasteiger partial charge < -0.3 is 10.1 Å². The molecule has 6 nitrogen and oxygen atoms in total. The van der Waals surface area contributed by atoms with Gasteiger partial charge in [0.25, 0.3) is 0 Å². The highest BCUT2D eigenvalue weighted by molar-refractivity contribution is 5.78. The molecule has 1 saturated heterocycles. The van der Waals surface area contributed by atoms with E-state index in [1.165, 1.54) is 0 Å². The van der Waals surface area contributed by atoms with Crippen LogP contribution in [0.2, 0.25) is 0 Å². The van der Waals surface area contributed by atoms with Gasteiger partial charge in [0.2, 0.25) is 5.91 Å². The normalized spacial score (nSPS) is 19.1. The molecule has 1 amide bonds. The van der Waals surface area contributed by atoms with E-state index in [4.69, 9.17) is 4.74 Å². The number of amides is 1. The van der Waals surface area contributed by atoms with Crippen LogP contribution in [0.25, 0.3) is 11.0 Å². The molecule has 0 saturated carbocycles. The fraction of sp³-hybridized carbons (Fsp3) is 0.529. The minimum atomic E-state index is -0.0915.